The molecule has 2 atom stereocenters. The predicted octanol–water partition coefficient (Wildman–Crippen LogP) is 9.86. The molecule has 7 heteroatoms. The van der Waals surface area contributed by atoms with E-state index in [0.717, 1.165) is 19.6 Å². The average Bonchev–Trinajstić information content (AvgIpc) is 3.13. The van der Waals surface area contributed by atoms with Crippen LogP contribution in [0.4, 0.5) is 0 Å². The van der Waals surface area contributed by atoms with Crippen LogP contribution in [0.25, 0.3) is 10.6 Å². The Morgan fingerprint density at radius 1 is 0.556 bits per heavy atom. The Hall–Kier alpha value is -1.82. The van der Waals surface area contributed by atoms with Gasteiger partial charge in [0.25, 0.3) is 0 Å². The third-order valence-electron chi connectivity index (χ3n) is 7.78. The first-order valence-corrected chi connectivity index (χ1v) is 23.2. The van der Waals surface area contributed by atoms with Crippen LogP contribution >= 0.6 is 35.2 Å². The Bertz CT molecular complexity index is 1150. The molecule has 0 saturated carbocycles. The predicted molar refractivity (Wildman–Crippen MR) is 205 cm³/mol. The molecule has 238 valence electrons. The first-order chi connectivity index (χ1) is 22.2. The van der Waals surface area contributed by atoms with E-state index in [4.69, 9.17) is 19.4 Å². The van der Waals surface area contributed by atoms with Crippen LogP contribution in [0.5, 0.6) is 0 Å². The van der Waals surface area contributed by atoms with Gasteiger partial charge in [-0.2, -0.15) is 6.20 Å². The van der Waals surface area contributed by atoms with Crippen LogP contribution in [0.1, 0.15) is 33.1 Å². The van der Waals surface area contributed by atoms with Crippen LogP contribution < -0.4 is 21.2 Å². The van der Waals surface area contributed by atoms with E-state index in [2.05, 4.69) is 146 Å². The molecule has 2 aliphatic heterocycles. The summed E-state index contributed by atoms with van der Waals surface area (Å²) in [7, 11) is 7.89. The third-order valence-corrected chi connectivity index (χ3v) is 14.8. The topological polar surface area (TPSA) is 28.2 Å². The SMILES string of the molecule is C1=CC[N-]C=C1.C1CC[N-]CC1.CC(C(C)[PH+](c1ccccc1)c1ccccc1)[PH+](c1ccccc1)c1ccccc1.[Cl][Ru+2][Cl]. The van der Waals surface area contributed by atoms with Crippen molar-refractivity contribution in [3.05, 3.63) is 156 Å². The summed E-state index contributed by atoms with van der Waals surface area (Å²) in [5, 5.41) is 14.1. The van der Waals surface area contributed by atoms with E-state index < -0.39 is 15.8 Å². The fourth-order valence-corrected chi connectivity index (χ4v) is 12.4. The number of hydrogen-bond acceptors (Lipinski definition) is 0. The Labute approximate surface area is 290 Å². The number of nitrogens with zero attached hydrogens (tertiary/aromatic N) is 2. The molecule has 0 radical (unpaired) electrons. The van der Waals surface area contributed by atoms with Gasteiger partial charge in [-0.1, -0.05) is 104 Å². The zero-order valence-electron chi connectivity index (χ0n) is 26.3. The summed E-state index contributed by atoms with van der Waals surface area (Å²) in [5.74, 6) is 0. The molecule has 1 saturated heterocycles. The Morgan fingerprint density at radius 2 is 0.911 bits per heavy atom. The zero-order chi connectivity index (χ0) is 32.0. The zero-order valence-corrected chi connectivity index (χ0v) is 31.5. The fraction of sp³-hybridized carbons (Fsp3) is 0.263. The molecule has 2 nitrogen and oxygen atoms in total. The van der Waals surface area contributed by atoms with Crippen molar-refractivity contribution >= 4 is 56.4 Å². The number of hydrogen-bond donors (Lipinski definition) is 0. The van der Waals surface area contributed by atoms with E-state index in [1.54, 1.807) is 6.20 Å². The van der Waals surface area contributed by atoms with Crippen LogP contribution in [0.3, 0.4) is 0 Å². The number of halogens is 2. The Kier molecular flexibility index (Phi) is 19.7. The summed E-state index contributed by atoms with van der Waals surface area (Å²) >= 11 is -0.346. The maximum absolute atomic E-state index is 4.85. The second-order valence-electron chi connectivity index (χ2n) is 10.8. The van der Waals surface area contributed by atoms with Gasteiger partial charge in [0.05, 0.1) is 37.1 Å². The van der Waals surface area contributed by atoms with Crippen molar-refractivity contribution in [3.63, 3.8) is 0 Å². The van der Waals surface area contributed by atoms with E-state index in [1.165, 1.54) is 40.5 Å². The van der Waals surface area contributed by atoms with E-state index in [1.807, 2.05) is 18.2 Å². The fourth-order valence-electron chi connectivity index (χ4n) is 5.46. The number of rotatable bonds is 7. The van der Waals surface area contributed by atoms with E-state index in [0.29, 0.717) is 11.3 Å². The molecule has 0 aromatic heterocycles. The van der Waals surface area contributed by atoms with Crippen LogP contribution in [-0.2, 0) is 15.1 Å². The Morgan fingerprint density at radius 3 is 1.09 bits per heavy atom. The second-order valence-corrected chi connectivity index (χ2v) is 19.2. The first-order valence-electron chi connectivity index (χ1n) is 15.6. The van der Waals surface area contributed by atoms with Gasteiger partial charge < -0.3 is 10.6 Å². The molecule has 0 N–H and O–H groups in total. The molecule has 45 heavy (non-hydrogen) atoms. The van der Waals surface area contributed by atoms with E-state index in [9.17, 15) is 0 Å². The maximum atomic E-state index is 4.85. The monoisotopic (exact) mass is 764 g/mol. The normalized spacial score (nSPS) is 14.8. The molecule has 2 heterocycles. The third kappa shape index (κ3) is 13.8. The summed E-state index contributed by atoms with van der Waals surface area (Å²) in [6.07, 6.45) is 11.8. The standard InChI is InChI=1S/C28H28P2.C5H10N.C5H6N.2ClH.Ru/c1-23(29(25-15-7-3-8-16-25)26-17-9-4-10-18-26)24(2)30(27-19-11-5-12-20-27)28-21-13-6-14-22-28;2*1-2-4-6-5-3-1;;;/h3-24H,1-2H3;1-5H2;1-4H,5H2;2*1H;/q;2*-1;;;+4. The quantitative estimate of drug-likeness (QED) is 0.133. The van der Waals surface area contributed by atoms with Crippen molar-refractivity contribution in [2.24, 2.45) is 0 Å². The molecule has 4 aromatic rings. The molecule has 1 fully saturated rings. The van der Waals surface area contributed by atoms with Crippen molar-refractivity contribution in [2.45, 2.75) is 44.4 Å². The van der Waals surface area contributed by atoms with E-state index >= 15 is 0 Å². The average molecular weight is 765 g/mol. The second kappa shape index (κ2) is 23.5. The molecule has 2 aliphatic rings. The molecular weight excluding hydrogens is 718 g/mol. The number of allylic oxidation sites excluding steroid dienone is 2. The van der Waals surface area contributed by atoms with Gasteiger partial charge >= 0.3 is 34.5 Å². The van der Waals surface area contributed by atoms with Crippen LogP contribution in [0, 0.1) is 0 Å². The first kappa shape index (κ1) is 37.6. The number of piperidine rings is 1. The van der Waals surface area contributed by atoms with Crippen molar-refractivity contribution in [1.29, 1.82) is 0 Å². The van der Waals surface area contributed by atoms with Gasteiger partial charge in [-0.3, -0.25) is 0 Å². The summed E-state index contributed by atoms with van der Waals surface area (Å²) in [5.41, 5.74) is 1.21. The summed E-state index contributed by atoms with van der Waals surface area (Å²) < 4.78 is 0. The van der Waals surface area contributed by atoms with E-state index in [-0.39, 0.29) is 15.1 Å². The minimum absolute atomic E-state index is 0.346. The van der Waals surface area contributed by atoms with Gasteiger partial charge in [-0.25, -0.2) is 0 Å². The van der Waals surface area contributed by atoms with Crippen LogP contribution in [0.2, 0.25) is 0 Å². The molecule has 6 rings (SSSR count). The van der Waals surface area contributed by atoms with Crippen molar-refractivity contribution in [3.8, 4) is 0 Å². The number of benzene rings is 4. The van der Waals surface area contributed by atoms with Crippen molar-refractivity contribution < 1.29 is 15.1 Å². The molecule has 0 amide bonds. The molecule has 0 spiro atoms. The van der Waals surface area contributed by atoms with Gasteiger partial charge in [-0.05, 0) is 62.4 Å². The van der Waals surface area contributed by atoms with Gasteiger partial charge in [0.1, 0.15) is 11.3 Å². The molecular formula is C38H46Cl2N2P2Ru+2. The Balaban J connectivity index is 0.000000300. The van der Waals surface area contributed by atoms with Crippen molar-refractivity contribution in [2.75, 3.05) is 19.6 Å². The molecule has 0 bridgehead atoms. The van der Waals surface area contributed by atoms with Crippen LogP contribution in [-0.4, -0.2) is 31.0 Å². The van der Waals surface area contributed by atoms with Gasteiger partial charge in [0.15, 0.2) is 0 Å². The molecule has 2 unspecified atom stereocenters. The summed E-state index contributed by atoms with van der Waals surface area (Å²) in [6.45, 7) is 8.10. The molecule has 0 aliphatic carbocycles. The molecule has 4 aromatic carbocycles. The van der Waals surface area contributed by atoms with Gasteiger partial charge in [0, 0.05) is 0 Å². The van der Waals surface area contributed by atoms with Gasteiger partial charge in [-0.15, -0.1) is 25.7 Å². The summed E-state index contributed by atoms with van der Waals surface area (Å²) in [4.78, 5) is 0. The van der Waals surface area contributed by atoms with Gasteiger partial charge in [0.2, 0.25) is 0 Å². The van der Waals surface area contributed by atoms with Crippen molar-refractivity contribution in [1.82, 2.24) is 0 Å². The van der Waals surface area contributed by atoms with Crippen LogP contribution in [0.15, 0.2) is 146 Å². The summed E-state index contributed by atoms with van der Waals surface area (Å²) in [6, 6.07) is 44.8. The minimum atomic E-state index is -0.910.